The minimum absolute atomic E-state index is 0.314. The summed E-state index contributed by atoms with van der Waals surface area (Å²) in [5.41, 5.74) is 10.1. The molecule has 1 aliphatic heterocycles. The van der Waals surface area contributed by atoms with Gasteiger partial charge in [-0.25, -0.2) is 0 Å². The lowest BCUT2D eigenvalue weighted by molar-refractivity contribution is 0.846. The number of nitrogens with one attached hydrogen (secondary N) is 1. The van der Waals surface area contributed by atoms with Crippen molar-refractivity contribution in [2.75, 3.05) is 0 Å². The fraction of sp³-hybridized carbons (Fsp3) is 0.182. The van der Waals surface area contributed by atoms with Crippen LogP contribution in [0.15, 0.2) is 45.9 Å². The molecule has 0 aromatic carbocycles. The molecule has 0 saturated heterocycles. The van der Waals surface area contributed by atoms with Crippen LogP contribution >= 0.6 is 0 Å². The Hall–Kier alpha value is -2.24. The first kappa shape index (κ1) is 9.32. The fourth-order valence-corrected chi connectivity index (χ4v) is 1.56. The number of hydrogen-bond acceptors (Lipinski definition) is 4. The molecule has 3 N–H and O–H groups in total. The van der Waals surface area contributed by atoms with Crippen molar-refractivity contribution in [1.29, 1.82) is 5.26 Å². The van der Waals surface area contributed by atoms with Gasteiger partial charge in [0.15, 0.2) is 0 Å². The Balaban J connectivity index is 2.45. The Bertz CT molecular complexity index is 493. The van der Waals surface area contributed by atoms with E-state index >= 15 is 0 Å². The number of hydrogen-bond donors (Lipinski definition) is 2. The molecule has 0 aromatic heterocycles. The van der Waals surface area contributed by atoms with Crippen molar-refractivity contribution in [3.8, 4) is 6.07 Å². The predicted molar refractivity (Wildman–Crippen MR) is 57.6 cm³/mol. The second-order valence-corrected chi connectivity index (χ2v) is 3.31. The monoisotopic (exact) mass is 198 g/mol. The number of nitrogens with zero attached hydrogens (tertiary/aromatic N) is 2. The van der Waals surface area contributed by atoms with E-state index in [4.69, 9.17) is 11.0 Å². The minimum atomic E-state index is -0.314. The molecular weight excluding hydrogens is 188 g/mol. The van der Waals surface area contributed by atoms with E-state index in [2.05, 4.69) is 22.1 Å². The molecule has 4 heteroatoms. The van der Waals surface area contributed by atoms with E-state index in [9.17, 15) is 0 Å². The Morgan fingerprint density at radius 1 is 1.67 bits per heavy atom. The number of allylic oxidation sites excluding steroid dienone is 1. The van der Waals surface area contributed by atoms with Crippen LogP contribution in [0, 0.1) is 11.3 Å². The highest BCUT2D eigenvalue weighted by Crippen LogP contribution is 2.22. The second-order valence-electron chi connectivity index (χ2n) is 3.31. The molecular formula is C11H10N4. The Morgan fingerprint density at radius 2 is 2.47 bits per heavy atom. The highest BCUT2D eigenvalue weighted by atomic mass is 15.1. The van der Waals surface area contributed by atoms with Gasteiger partial charge >= 0.3 is 0 Å². The van der Waals surface area contributed by atoms with Crippen molar-refractivity contribution >= 4 is 5.84 Å². The zero-order valence-electron chi connectivity index (χ0n) is 8.28. The van der Waals surface area contributed by atoms with Crippen LogP contribution in [0.3, 0.4) is 0 Å². The summed E-state index contributed by atoms with van der Waals surface area (Å²) < 4.78 is 0. The number of nitriles is 1. The Morgan fingerprint density at radius 3 is 3.07 bits per heavy atom. The van der Waals surface area contributed by atoms with Crippen LogP contribution in [0.4, 0.5) is 0 Å². The van der Waals surface area contributed by atoms with E-state index in [1.54, 1.807) is 6.08 Å². The van der Waals surface area contributed by atoms with Gasteiger partial charge in [0, 0.05) is 5.57 Å². The molecule has 0 bridgehead atoms. The van der Waals surface area contributed by atoms with E-state index in [1.807, 2.05) is 19.1 Å². The molecule has 0 spiro atoms. The molecule has 0 fully saturated rings. The number of amidine groups is 1. The van der Waals surface area contributed by atoms with Crippen LogP contribution in [0.2, 0.25) is 0 Å². The van der Waals surface area contributed by atoms with Gasteiger partial charge in [-0.15, -0.1) is 5.73 Å². The van der Waals surface area contributed by atoms with Crippen molar-refractivity contribution in [2.45, 2.75) is 13.0 Å². The van der Waals surface area contributed by atoms with Crippen LogP contribution in [0.5, 0.6) is 0 Å². The highest BCUT2D eigenvalue weighted by molar-refractivity contribution is 5.83. The largest absolute Gasteiger partial charge is 0.384 e. The summed E-state index contributed by atoms with van der Waals surface area (Å²) in [6, 6.07) is 1.76. The van der Waals surface area contributed by atoms with Crippen LogP contribution in [-0.4, -0.2) is 11.9 Å². The molecule has 0 saturated carbocycles. The van der Waals surface area contributed by atoms with Gasteiger partial charge in [-0.3, -0.25) is 4.99 Å². The zero-order chi connectivity index (χ0) is 10.8. The fourth-order valence-electron chi connectivity index (χ4n) is 1.56. The van der Waals surface area contributed by atoms with Crippen LogP contribution < -0.4 is 11.1 Å². The second kappa shape index (κ2) is 3.49. The van der Waals surface area contributed by atoms with Gasteiger partial charge in [0.05, 0.1) is 11.4 Å². The summed E-state index contributed by atoms with van der Waals surface area (Å²) >= 11 is 0. The average molecular weight is 198 g/mol. The lowest BCUT2D eigenvalue weighted by atomic mass is 10.00. The third kappa shape index (κ3) is 1.56. The van der Waals surface area contributed by atoms with Crippen LogP contribution in [0.25, 0.3) is 0 Å². The van der Waals surface area contributed by atoms with Gasteiger partial charge in [-0.2, -0.15) is 5.26 Å². The van der Waals surface area contributed by atoms with Crippen molar-refractivity contribution in [1.82, 2.24) is 5.32 Å². The molecule has 2 aliphatic rings. The highest BCUT2D eigenvalue weighted by Gasteiger charge is 2.24. The van der Waals surface area contributed by atoms with Crippen LogP contribution in [-0.2, 0) is 0 Å². The molecule has 0 aromatic rings. The average Bonchev–Trinajstić information content (AvgIpc) is 2.69. The van der Waals surface area contributed by atoms with Gasteiger partial charge in [-0.05, 0) is 19.1 Å². The predicted octanol–water partition coefficient (Wildman–Crippen LogP) is 0.722. The third-order valence-electron chi connectivity index (χ3n) is 2.24. The van der Waals surface area contributed by atoms with E-state index < -0.39 is 0 Å². The summed E-state index contributed by atoms with van der Waals surface area (Å²) in [6.07, 6.45) is 5.55. The maximum absolute atomic E-state index is 9.01. The zero-order valence-corrected chi connectivity index (χ0v) is 8.28. The maximum atomic E-state index is 9.01. The van der Waals surface area contributed by atoms with Gasteiger partial charge in [0.25, 0.3) is 0 Å². The van der Waals surface area contributed by atoms with Crippen molar-refractivity contribution in [3.05, 3.63) is 40.9 Å². The normalized spacial score (nSPS) is 23.3. The minimum Gasteiger partial charge on any atom is -0.384 e. The molecule has 15 heavy (non-hydrogen) atoms. The smallest absolute Gasteiger partial charge is 0.122 e. The van der Waals surface area contributed by atoms with E-state index in [-0.39, 0.29) is 6.04 Å². The third-order valence-corrected chi connectivity index (χ3v) is 2.24. The summed E-state index contributed by atoms with van der Waals surface area (Å²) in [5.74, 6) is 1.09. The molecule has 0 radical (unpaired) electrons. The quantitative estimate of drug-likeness (QED) is 0.610. The van der Waals surface area contributed by atoms with E-state index in [1.165, 1.54) is 0 Å². The summed E-state index contributed by atoms with van der Waals surface area (Å²) in [6.45, 7) is 1.82. The Kier molecular flexibility index (Phi) is 2.17. The topological polar surface area (TPSA) is 74.2 Å². The van der Waals surface area contributed by atoms with Gasteiger partial charge < -0.3 is 11.1 Å². The maximum Gasteiger partial charge on any atom is 0.122 e. The number of aliphatic imine (C=N–C) groups is 1. The van der Waals surface area contributed by atoms with Gasteiger partial charge in [0.1, 0.15) is 17.9 Å². The summed E-state index contributed by atoms with van der Waals surface area (Å²) in [7, 11) is 0. The first-order chi connectivity index (χ1) is 7.22. The molecule has 1 atom stereocenters. The first-order valence-corrected chi connectivity index (χ1v) is 4.57. The lowest BCUT2D eigenvalue weighted by Gasteiger charge is -2.20. The van der Waals surface area contributed by atoms with Crippen molar-refractivity contribution in [3.63, 3.8) is 0 Å². The van der Waals surface area contributed by atoms with E-state index in [0.29, 0.717) is 17.2 Å². The SMILES string of the molecule is CC1=NC(C2=C=CC=C2)C(C#N)=C(N)N1. The molecule has 2 rings (SSSR count). The van der Waals surface area contributed by atoms with Crippen molar-refractivity contribution in [2.24, 2.45) is 10.7 Å². The van der Waals surface area contributed by atoms with Gasteiger partial charge in [0.2, 0.25) is 0 Å². The van der Waals surface area contributed by atoms with Gasteiger partial charge in [-0.1, -0.05) is 6.08 Å². The molecule has 1 unspecified atom stereocenters. The Labute approximate surface area is 87.8 Å². The number of rotatable bonds is 1. The molecule has 4 nitrogen and oxygen atoms in total. The summed E-state index contributed by atoms with van der Waals surface area (Å²) in [4.78, 5) is 4.34. The first-order valence-electron chi connectivity index (χ1n) is 4.57. The van der Waals surface area contributed by atoms with Crippen molar-refractivity contribution < 1.29 is 0 Å². The molecule has 1 heterocycles. The van der Waals surface area contributed by atoms with E-state index in [0.717, 1.165) is 5.57 Å². The van der Waals surface area contributed by atoms with Crippen LogP contribution in [0.1, 0.15) is 6.92 Å². The molecule has 0 amide bonds. The molecule has 1 aliphatic carbocycles. The number of nitrogens with two attached hydrogens (primary N) is 1. The summed E-state index contributed by atoms with van der Waals surface area (Å²) in [5, 5.41) is 11.8. The standard InChI is InChI=1S/C11H10N4/c1-7-14-10(8-4-2-3-5-8)9(6-12)11(13)15-7/h2-4,10H,13H2,1H3,(H,14,15). The molecule has 74 valence electrons. The lowest BCUT2D eigenvalue weighted by Crippen LogP contribution is -2.35.